The van der Waals surface area contributed by atoms with E-state index in [1.54, 1.807) is 92.7 Å². The number of benzene rings is 3. The lowest BCUT2D eigenvalue weighted by Gasteiger charge is -2.67. The number of aliphatic hydroxyl groups is 2. The van der Waals surface area contributed by atoms with E-state index in [0.717, 1.165) is 65.2 Å². The minimum atomic E-state index is -2.47. The third kappa shape index (κ3) is 14.4. The summed E-state index contributed by atoms with van der Waals surface area (Å²) in [6.45, 7) is 10.1. The molecule has 0 radical (unpaired) electrons. The minimum absolute atomic E-state index is 0.0347. The van der Waals surface area contributed by atoms with E-state index in [1.165, 1.54) is 45.2 Å². The number of fused-ring (bicyclic) bond motifs is 5. The van der Waals surface area contributed by atoms with Crippen molar-refractivity contribution in [1.29, 1.82) is 0 Å². The molecule has 83 heavy (non-hydrogen) atoms. The predicted octanol–water partition coefficient (Wildman–Crippen LogP) is 10.7. The largest absolute Gasteiger partial charge is 0.509 e. The van der Waals surface area contributed by atoms with Crippen LogP contribution >= 0.6 is 0 Å². The molecule has 3 aromatic rings. The van der Waals surface area contributed by atoms with Crippen molar-refractivity contribution in [1.82, 2.24) is 5.32 Å². The number of Topliss-reactive ketones (excluding diaryl/α,β-unsaturated/α-hetero) is 1. The van der Waals surface area contributed by atoms with Gasteiger partial charge in [-0.25, -0.2) is 14.4 Å². The Kier molecular flexibility index (Phi) is 21.9. The van der Waals surface area contributed by atoms with Crippen molar-refractivity contribution in [2.24, 2.45) is 16.7 Å². The molecule has 0 spiro atoms. The Labute approximate surface area is 487 Å². The second kappa shape index (κ2) is 28.6. The summed E-state index contributed by atoms with van der Waals surface area (Å²) in [6.07, 6.45) is 8.94. The van der Waals surface area contributed by atoms with E-state index in [9.17, 15) is 34.2 Å². The fraction of sp³-hybridized carbons (Fsp3) is 0.530. The van der Waals surface area contributed by atoms with Gasteiger partial charge in [0.25, 0.3) is 5.91 Å². The van der Waals surface area contributed by atoms with Crippen molar-refractivity contribution in [2.45, 2.75) is 192 Å². The van der Waals surface area contributed by atoms with E-state index < -0.39 is 119 Å². The summed E-state index contributed by atoms with van der Waals surface area (Å²) in [6, 6.07) is 22.9. The molecule has 3 aromatic carbocycles. The number of aliphatic hydroxyl groups excluding tert-OH is 1. The molecular weight excluding hydrogens is 1060 g/mol. The molecule has 1 saturated heterocycles. The highest BCUT2D eigenvalue weighted by Crippen LogP contribution is 2.64. The van der Waals surface area contributed by atoms with Crippen LogP contribution in [0.3, 0.4) is 0 Å². The van der Waals surface area contributed by atoms with Crippen molar-refractivity contribution < 1.29 is 76.9 Å². The molecule has 7 rings (SSSR count). The quantitative estimate of drug-likeness (QED) is 0.0293. The molecule has 3 aliphatic carbocycles. The Morgan fingerprint density at radius 2 is 1.34 bits per heavy atom. The Morgan fingerprint density at radius 1 is 0.747 bits per heavy atom. The van der Waals surface area contributed by atoms with E-state index in [4.69, 9.17) is 33.2 Å². The Hall–Kier alpha value is -6.95. The first-order chi connectivity index (χ1) is 39.7. The lowest BCUT2D eigenvalue weighted by Crippen LogP contribution is -2.82. The Morgan fingerprint density at radius 3 is 1.93 bits per heavy atom. The second-order valence-electron chi connectivity index (χ2n) is 23.1. The van der Waals surface area contributed by atoms with Gasteiger partial charge < -0.3 is 48.7 Å². The molecule has 4 aliphatic rings. The molecule has 3 N–H and O–H groups in total. The third-order valence-electron chi connectivity index (χ3n) is 17.2. The minimum Gasteiger partial charge on any atom is -0.455 e. The number of hydrogen-bond acceptors (Lipinski definition) is 16. The van der Waals surface area contributed by atoms with Crippen LogP contribution in [0.5, 0.6) is 0 Å². The van der Waals surface area contributed by atoms with Gasteiger partial charge >= 0.3 is 30.0 Å². The number of carbonyl (C=O) groups is 7. The standard InChI is InChI=1S/C66H83NO16/c1-8-9-10-11-12-13-14-15-16-17-18-19-20-21-22-32-39-77-62(75)81-55(53(46-33-26-23-27-34-46)67-59(72)47-35-28-24-29-36-47)61(74)80-49-41-66(76)58(82-60(73)48-37-30-25-31-38-48)56-64(7,50(70)40-51-65(56,42-78-51)83-45(4)69)57(71)54(79-44(3)68)52(43(49)2)63(66,5)6/h12-13,15-16,23-31,33-38,49-51,53-56,58,70,76H,8-11,14,17-22,32,39-42H2,1-7H3,(H,67,72)/t49?,50-,51+,53?,54+,55+,56-,58-,64+,65-,66+/m0/s1. The van der Waals surface area contributed by atoms with Gasteiger partial charge in [-0.05, 0) is 93.3 Å². The van der Waals surface area contributed by atoms with Gasteiger partial charge in [0.15, 0.2) is 17.5 Å². The van der Waals surface area contributed by atoms with Crippen LogP contribution in [0.25, 0.3) is 0 Å². The van der Waals surface area contributed by atoms with E-state index in [1.807, 2.05) is 0 Å². The van der Waals surface area contributed by atoms with Crippen LogP contribution in [0.1, 0.15) is 171 Å². The number of rotatable bonds is 26. The number of allylic oxidation sites excluding steroid dienone is 4. The molecule has 1 amide bonds. The third-order valence-corrected chi connectivity index (χ3v) is 17.2. The van der Waals surface area contributed by atoms with Gasteiger partial charge in [0.05, 0.1) is 36.2 Å². The van der Waals surface area contributed by atoms with Crippen LogP contribution in [0.4, 0.5) is 4.79 Å². The van der Waals surface area contributed by atoms with E-state index in [-0.39, 0.29) is 41.9 Å². The Balaban J connectivity index is 1.21. The highest BCUT2D eigenvalue weighted by molar-refractivity contribution is 5.96. The first kappa shape index (κ1) is 63.6. The molecule has 11 atom stereocenters. The van der Waals surface area contributed by atoms with Crippen molar-refractivity contribution in [3.8, 4) is 0 Å². The van der Waals surface area contributed by atoms with Crippen LogP contribution < -0.4 is 5.32 Å². The predicted molar refractivity (Wildman–Crippen MR) is 307 cm³/mol. The van der Waals surface area contributed by atoms with E-state index >= 15 is 9.59 Å². The van der Waals surface area contributed by atoms with Gasteiger partial charge in [0.2, 0.25) is 6.10 Å². The van der Waals surface area contributed by atoms with E-state index in [0.29, 0.717) is 12.0 Å². The lowest BCUT2D eigenvalue weighted by molar-refractivity contribution is -0.346. The van der Waals surface area contributed by atoms with Crippen LogP contribution in [0.15, 0.2) is 126 Å². The highest BCUT2D eigenvalue weighted by Gasteiger charge is 2.78. The monoisotopic (exact) mass is 1150 g/mol. The number of carbonyl (C=O) groups excluding carboxylic acids is 7. The number of nitrogens with one attached hydrogen (secondary N) is 1. The molecule has 17 nitrogen and oxygen atoms in total. The average Bonchev–Trinajstić information content (AvgIpc) is 0.824. The van der Waals surface area contributed by atoms with Crippen molar-refractivity contribution in [3.05, 3.63) is 143 Å². The first-order valence-corrected chi connectivity index (χ1v) is 29.4. The summed E-state index contributed by atoms with van der Waals surface area (Å²) in [5.74, 6) is -7.01. The molecule has 448 valence electrons. The zero-order valence-electron chi connectivity index (χ0n) is 49.0. The van der Waals surface area contributed by atoms with Crippen LogP contribution in [0, 0.1) is 16.7 Å². The topological polar surface area (TPSA) is 237 Å². The molecule has 17 heteroatoms. The second-order valence-corrected chi connectivity index (χ2v) is 23.1. The van der Waals surface area contributed by atoms with Gasteiger partial charge in [0.1, 0.15) is 30.0 Å². The maximum atomic E-state index is 15.8. The first-order valence-electron chi connectivity index (χ1n) is 29.4. The van der Waals surface area contributed by atoms with Crippen molar-refractivity contribution in [2.75, 3.05) is 13.2 Å². The zero-order valence-corrected chi connectivity index (χ0v) is 49.0. The summed E-state index contributed by atoms with van der Waals surface area (Å²) in [4.78, 5) is 100. The van der Waals surface area contributed by atoms with Crippen molar-refractivity contribution in [3.63, 3.8) is 0 Å². The smallest absolute Gasteiger partial charge is 0.455 e. The van der Waals surface area contributed by atoms with Gasteiger partial charge in [-0.1, -0.05) is 150 Å². The summed E-state index contributed by atoms with van der Waals surface area (Å²) in [7, 11) is 0. The summed E-state index contributed by atoms with van der Waals surface area (Å²) >= 11 is 0. The summed E-state index contributed by atoms with van der Waals surface area (Å²) < 4.78 is 42.6. The normalized spacial score (nSPS) is 26.9. The molecule has 2 unspecified atom stereocenters. The number of ketones is 1. The van der Waals surface area contributed by atoms with Gasteiger partial charge in [-0.3, -0.25) is 19.2 Å². The number of amides is 1. The molecule has 2 bridgehead atoms. The molecule has 3 fully saturated rings. The summed E-state index contributed by atoms with van der Waals surface area (Å²) in [5.41, 5.74) is -7.42. The van der Waals surface area contributed by atoms with Crippen LogP contribution in [-0.4, -0.2) is 113 Å². The van der Waals surface area contributed by atoms with Gasteiger partial charge in [-0.2, -0.15) is 0 Å². The van der Waals surface area contributed by atoms with Gasteiger partial charge in [0, 0.05) is 37.7 Å². The fourth-order valence-electron chi connectivity index (χ4n) is 12.7. The number of unbranched alkanes of at least 4 members (excludes halogenated alkanes) is 9. The van der Waals surface area contributed by atoms with Crippen molar-refractivity contribution >= 4 is 41.7 Å². The Bertz CT molecular complexity index is 2830. The lowest BCUT2D eigenvalue weighted by atomic mass is 9.44. The van der Waals surface area contributed by atoms with Crippen LogP contribution in [-0.2, 0) is 52.3 Å². The highest BCUT2D eigenvalue weighted by atomic mass is 16.7. The van der Waals surface area contributed by atoms with E-state index in [2.05, 4.69) is 36.5 Å². The SMILES string of the molecule is CCCCCC=CCC=CCCCCCCCCOC(=O)O[C@@H](C(=O)OC1C[C@@]2(O)[C@@H](OC(=O)c3ccccc3)[C@@H]3[C@]4(OC(C)=O)CO[C@@H]4C[C@H](O)[C@@]3(C)C(=O)[C@H](OC(C)=O)C(=C1C)C2(C)C)C(NC(=O)c1ccccc1)c1ccccc1. The molecule has 0 aromatic heterocycles. The molecule has 1 aliphatic heterocycles. The van der Waals surface area contributed by atoms with Crippen LogP contribution in [0.2, 0.25) is 0 Å². The van der Waals surface area contributed by atoms with Gasteiger partial charge in [-0.15, -0.1) is 0 Å². The number of ether oxygens (including phenoxy) is 7. The molecule has 2 saturated carbocycles. The fourth-order valence-corrected chi connectivity index (χ4v) is 12.7. The average molecular weight is 1150 g/mol. The zero-order chi connectivity index (χ0) is 60.0. The molecule has 1 heterocycles. The number of hydrogen-bond donors (Lipinski definition) is 3. The maximum Gasteiger partial charge on any atom is 0.509 e. The summed E-state index contributed by atoms with van der Waals surface area (Å²) in [5, 5.41) is 29.2. The number of esters is 4. The molecular formula is C66H83NO16. The maximum absolute atomic E-state index is 15.8.